The van der Waals surface area contributed by atoms with Gasteiger partial charge in [-0.3, -0.25) is 19.8 Å². The first-order valence-electron chi connectivity index (χ1n) is 6.78. The lowest BCUT2D eigenvalue weighted by atomic mass is 9.85. The van der Waals surface area contributed by atoms with Crippen LogP contribution in [-0.4, -0.2) is 20.4 Å². The second-order valence-electron chi connectivity index (χ2n) is 5.22. The zero-order chi connectivity index (χ0) is 15.9. The zero-order valence-corrected chi connectivity index (χ0v) is 14.9. The Morgan fingerprint density at radius 3 is 1.61 bits per heavy atom. The van der Waals surface area contributed by atoms with E-state index < -0.39 is 5.92 Å². The summed E-state index contributed by atoms with van der Waals surface area (Å²) in [6.45, 7) is 3.63. The Labute approximate surface area is 146 Å². The number of H-pyrrole nitrogens is 4. The highest BCUT2D eigenvalue weighted by Gasteiger charge is 2.27. The summed E-state index contributed by atoms with van der Waals surface area (Å²) < 4.78 is 0.939. The first kappa shape index (κ1) is 17.4. The van der Waals surface area contributed by atoms with E-state index in [1.54, 1.807) is 0 Å². The van der Waals surface area contributed by atoms with Crippen molar-refractivity contribution in [3.05, 3.63) is 77.5 Å². The molecule has 0 unspecified atom stereocenters. The van der Waals surface area contributed by atoms with E-state index in [0.717, 1.165) is 21.4 Å². The number of aryl methyl sites for hydroxylation is 2. The summed E-state index contributed by atoms with van der Waals surface area (Å²) in [6.07, 6.45) is 0. The Hall–Kier alpha value is -1.99. The van der Waals surface area contributed by atoms with Crippen LogP contribution in [0.4, 0.5) is 0 Å². The molecule has 2 aromatic heterocycles. The molecule has 0 amide bonds. The molecular weight excluding hydrogens is 384 g/mol. The smallest absolute Gasteiger partial charge is 0.268 e. The SMILES string of the molecule is Cc1[nH][nH]c(=O)c1C(c1ccc(Br)cc1)c1c(C)[nH][nH]c1=O.Cl. The van der Waals surface area contributed by atoms with Crippen LogP contribution in [0, 0.1) is 13.8 Å². The van der Waals surface area contributed by atoms with Gasteiger partial charge in [-0.15, -0.1) is 12.4 Å². The highest BCUT2D eigenvalue weighted by Crippen LogP contribution is 2.31. The van der Waals surface area contributed by atoms with Crippen LogP contribution in [0.25, 0.3) is 0 Å². The number of aromatic amines is 4. The minimum absolute atomic E-state index is 0. The topological polar surface area (TPSA) is 97.3 Å². The van der Waals surface area contributed by atoms with Crippen LogP contribution in [0.15, 0.2) is 38.3 Å². The Balaban J connectivity index is 0.00000192. The summed E-state index contributed by atoms with van der Waals surface area (Å²) in [4.78, 5) is 24.4. The fourth-order valence-corrected chi connectivity index (χ4v) is 3.00. The van der Waals surface area contributed by atoms with E-state index >= 15 is 0 Å². The molecule has 2 heterocycles. The molecule has 6 nitrogen and oxygen atoms in total. The van der Waals surface area contributed by atoms with Crippen molar-refractivity contribution in [2.45, 2.75) is 19.8 Å². The first-order chi connectivity index (χ1) is 10.5. The van der Waals surface area contributed by atoms with E-state index in [2.05, 4.69) is 36.3 Å². The molecule has 0 saturated heterocycles. The molecular formula is C15H16BrClN4O2. The Morgan fingerprint density at radius 2 is 1.26 bits per heavy atom. The summed E-state index contributed by atoms with van der Waals surface area (Å²) in [6, 6.07) is 7.61. The van der Waals surface area contributed by atoms with Gasteiger partial charge in [0.1, 0.15) is 0 Å². The van der Waals surface area contributed by atoms with Crippen molar-refractivity contribution in [1.29, 1.82) is 0 Å². The first-order valence-corrected chi connectivity index (χ1v) is 7.58. The van der Waals surface area contributed by atoms with Gasteiger partial charge >= 0.3 is 0 Å². The second-order valence-corrected chi connectivity index (χ2v) is 6.14. The highest BCUT2D eigenvalue weighted by atomic mass is 79.9. The summed E-state index contributed by atoms with van der Waals surface area (Å²) >= 11 is 3.40. The van der Waals surface area contributed by atoms with Gasteiger partial charge in [0.05, 0.1) is 11.1 Å². The normalized spacial score (nSPS) is 10.8. The molecule has 8 heteroatoms. The van der Waals surface area contributed by atoms with Crippen molar-refractivity contribution >= 4 is 28.3 Å². The van der Waals surface area contributed by atoms with Crippen LogP contribution in [0.1, 0.15) is 34.0 Å². The fraction of sp³-hybridized carbons (Fsp3) is 0.200. The molecule has 0 aliphatic heterocycles. The van der Waals surface area contributed by atoms with E-state index in [9.17, 15) is 9.59 Å². The Bertz CT molecular complexity index is 866. The lowest BCUT2D eigenvalue weighted by Gasteiger charge is -2.15. The van der Waals surface area contributed by atoms with E-state index in [1.807, 2.05) is 38.1 Å². The van der Waals surface area contributed by atoms with Gasteiger partial charge in [-0.2, -0.15) is 0 Å². The van der Waals surface area contributed by atoms with Crippen LogP contribution in [0.3, 0.4) is 0 Å². The average molecular weight is 400 g/mol. The largest absolute Gasteiger partial charge is 0.302 e. The second kappa shape index (κ2) is 6.64. The molecule has 0 saturated carbocycles. The molecule has 0 fully saturated rings. The third-order valence-electron chi connectivity index (χ3n) is 3.81. The summed E-state index contributed by atoms with van der Waals surface area (Å²) in [7, 11) is 0. The molecule has 122 valence electrons. The third-order valence-corrected chi connectivity index (χ3v) is 4.33. The van der Waals surface area contributed by atoms with Crippen LogP contribution in [-0.2, 0) is 0 Å². The van der Waals surface area contributed by atoms with E-state index in [0.29, 0.717) is 11.1 Å². The van der Waals surface area contributed by atoms with E-state index in [4.69, 9.17) is 0 Å². The quantitative estimate of drug-likeness (QED) is 0.545. The number of nitrogens with one attached hydrogen (secondary N) is 4. The molecule has 0 aliphatic rings. The predicted octanol–water partition coefficient (Wildman–Crippen LogP) is 2.70. The van der Waals surface area contributed by atoms with Gasteiger partial charge in [-0.25, -0.2) is 0 Å². The monoisotopic (exact) mass is 398 g/mol. The maximum Gasteiger partial charge on any atom is 0.268 e. The molecule has 1 aromatic carbocycles. The van der Waals surface area contributed by atoms with Gasteiger partial charge in [0.2, 0.25) is 0 Å². The third kappa shape index (κ3) is 3.07. The lowest BCUT2D eigenvalue weighted by molar-refractivity contribution is 0.931. The van der Waals surface area contributed by atoms with Crippen molar-refractivity contribution in [3.63, 3.8) is 0 Å². The molecule has 3 aromatic rings. The van der Waals surface area contributed by atoms with Gasteiger partial charge in [-0.1, -0.05) is 28.1 Å². The van der Waals surface area contributed by atoms with Gasteiger partial charge in [0.25, 0.3) is 11.1 Å². The molecule has 0 aliphatic carbocycles. The van der Waals surface area contributed by atoms with Crippen molar-refractivity contribution in [2.24, 2.45) is 0 Å². The van der Waals surface area contributed by atoms with Gasteiger partial charge in [0, 0.05) is 21.8 Å². The number of rotatable bonds is 3. The summed E-state index contributed by atoms with van der Waals surface area (Å²) in [5.41, 5.74) is 2.99. The molecule has 0 bridgehead atoms. The van der Waals surface area contributed by atoms with Gasteiger partial charge in [0.15, 0.2) is 0 Å². The standard InChI is InChI=1S/C15H15BrN4O2.ClH/c1-7-11(14(21)19-17-7)13(9-3-5-10(16)6-4-9)12-8(2)18-20-15(12)22;/h3-6,13H,1-2H3,(H2,17,19,21)(H2,18,20,22);1H. The number of aromatic nitrogens is 4. The average Bonchev–Trinajstić information content (AvgIpc) is 2.99. The molecule has 0 spiro atoms. The molecule has 0 radical (unpaired) electrons. The van der Waals surface area contributed by atoms with Crippen LogP contribution >= 0.6 is 28.3 Å². The number of benzene rings is 1. The maximum atomic E-state index is 12.2. The van der Waals surface area contributed by atoms with Crippen LogP contribution in [0.5, 0.6) is 0 Å². The van der Waals surface area contributed by atoms with E-state index in [-0.39, 0.29) is 23.5 Å². The van der Waals surface area contributed by atoms with Crippen molar-refractivity contribution in [1.82, 2.24) is 20.4 Å². The number of hydrogen-bond donors (Lipinski definition) is 4. The van der Waals surface area contributed by atoms with Crippen LogP contribution in [0.2, 0.25) is 0 Å². The van der Waals surface area contributed by atoms with Crippen molar-refractivity contribution in [2.75, 3.05) is 0 Å². The summed E-state index contributed by atoms with van der Waals surface area (Å²) in [5, 5.41) is 10.8. The van der Waals surface area contributed by atoms with E-state index in [1.165, 1.54) is 0 Å². The minimum Gasteiger partial charge on any atom is -0.302 e. The number of hydrogen-bond acceptors (Lipinski definition) is 2. The zero-order valence-electron chi connectivity index (χ0n) is 12.5. The van der Waals surface area contributed by atoms with Crippen LogP contribution < -0.4 is 11.1 Å². The van der Waals surface area contributed by atoms with Gasteiger partial charge < -0.3 is 10.2 Å². The Kier molecular flexibility index (Phi) is 5.01. The molecule has 4 N–H and O–H groups in total. The van der Waals surface area contributed by atoms with Crippen molar-refractivity contribution < 1.29 is 0 Å². The predicted molar refractivity (Wildman–Crippen MR) is 94.6 cm³/mol. The van der Waals surface area contributed by atoms with Crippen molar-refractivity contribution in [3.8, 4) is 0 Å². The minimum atomic E-state index is -0.432. The molecule has 23 heavy (non-hydrogen) atoms. The molecule has 0 atom stereocenters. The summed E-state index contributed by atoms with van der Waals surface area (Å²) in [5.74, 6) is -0.432. The Morgan fingerprint density at radius 1 is 0.826 bits per heavy atom. The highest BCUT2D eigenvalue weighted by molar-refractivity contribution is 9.10. The maximum absolute atomic E-state index is 12.2. The number of halogens is 2. The van der Waals surface area contributed by atoms with Gasteiger partial charge in [-0.05, 0) is 31.5 Å². The molecule has 3 rings (SSSR count). The fourth-order valence-electron chi connectivity index (χ4n) is 2.74. The lowest BCUT2D eigenvalue weighted by Crippen LogP contribution is -2.20.